The number of nitrogens with two attached hydrogens (primary N) is 1. The van der Waals surface area contributed by atoms with E-state index in [1.165, 1.54) is 17.2 Å². The van der Waals surface area contributed by atoms with E-state index in [9.17, 15) is 9.18 Å². The van der Waals surface area contributed by atoms with Gasteiger partial charge < -0.3 is 5.73 Å². The van der Waals surface area contributed by atoms with Crippen LogP contribution in [-0.4, -0.2) is 10.9 Å². The first-order chi connectivity index (χ1) is 13.5. The zero-order valence-corrected chi connectivity index (χ0v) is 16.1. The summed E-state index contributed by atoms with van der Waals surface area (Å²) in [5.74, 6) is -0.759. The van der Waals surface area contributed by atoms with E-state index in [1.54, 1.807) is 12.1 Å². The maximum Gasteiger partial charge on any atom is 0.221 e. The van der Waals surface area contributed by atoms with Crippen molar-refractivity contribution >= 4 is 17.5 Å². The van der Waals surface area contributed by atoms with Crippen molar-refractivity contribution in [3.8, 4) is 11.3 Å². The Labute approximate surface area is 168 Å². The molecule has 3 aromatic rings. The fraction of sp³-hybridized carbons (Fsp3) is 0.217. The van der Waals surface area contributed by atoms with E-state index in [0.717, 1.165) is 53.8 Å². The average Bonchev–Trinajstić information content (AvgIpc) is 3.14. The number of fused-ring (bicyclic) bond motifs is 1. The second-order valence-corrected chi connectivity index (χ2v) is 7.62. The molecule has 0 aliphatic heterocycles. The Hall–Kier alpha value is -2.72. The summed E-state index contributed by atoms with van der Waals surface area (Å²) in [5.41, 5.74) is 12.7. The number of hydrogen-bond donors (Lipinski definition) is 1. The summed E-state index contributed by atoms with van der Waals surface area (Å²) in [6.07, 6.45) is 4.12. The van der Waals surface area contributed by atoms with Crippen LogP contribution in [-0.2, 0) is 30.5 Å². The molecule has 0 saturated heterocycles. The average molecular weight is 395 g/mol. The Balaban J connectivity index is 1.67. The highest BCUT2D eigenvalue weighted by Crippen LogP contribution is 2.31. The molecule has 28 heavy (non-hydrogen) atoms. The number of amides is 1. The lowest BCUT2D eigenvalue weighted by atomic mass is 9.96. The van der Waals surface area contributed by atoms with Gasteiger partial charge in [-0.05, 0) is 72.2 Å². The normalized spacial score (nSPS) is 12.8. The van der Waals surface area contributed by atoms with Gasteiger partial charge in [0.1, 0.15) is 5.82 Å². The molecule has 3 nitrogen and oxygen atoms in total. The Kier molecular flexibility index (Phi) is 5.14. The number of pyridine rings is 1. The predicted octanol–water partition coefficient (Wildman–Crippen LogP) is 4.65. The number of aromatic nitrogens is 1. The van der Waals surface area contributed by atoms with Crippen molar-refractivity contribution in [2.75, 3.05) is 0 Å². The van der Waals surface area contributed by atoms with Crippen molar-refractivity contribution in [1.29, 1.82) is 0 Å². The van der Waals surface area contributed by atoms with Gasteiger partial charge in [0.25, 0.3) is 0 Å². The molecule has 4 rings (SSSR count). The zero-order valence-electron chi connectivity index (χ0n) is 15.3. The molecule has 0 spiro atoms. The van der Waals surface area contributed by atoms with Gasteiger partial charge in [0.05, 0.1) is 17.1 Å². The number of benzene rings is 2. The highest BCUT2D eigenvalue weighted by molar-refractivity contribution is 6.31. The van der Waals surface area contributed by atoms with E-state index < -0.39 is 5.82 Å². The topological polar surface area (TPSA) is 56.0 Å². The molecule has 2 N–H and O–H groups in total. The van der Waals surface area contributed by atoms with Gasteiger partial charge in [0, 0.05) is 11.3 Å². The SMILES string of the molecule is NC(=O)Cc1ccc(Cc2cc(-c3ccc(F)c(Cl)c3)nc3c2CCC3)cc1. The van der Waals surface area contributed by atoms with Crippen molar-refractivity contribution in [1.82, 2.24) is 4.98 Å². The fourth-order valence-corrected chi connectivity index (χ4v) is 3.96. The summed E-state index contributed by atoms with van der Waals surface area (Å²) in [5, 5.41) is 0.103. The molecule has 142 valence electrons. The molecule has 0 bridgehead atoms. The van der Waals surface area contributed by atoms with Crippen LogP contribution in [0, 0.1) is 5.82 Å². The van der Waals surface area contributed by atoms with Crippen molar-refractivity contribution in [2.45, 2.75) is 32.1 Å². The number of primary amides is 1. The smallest absolute Gasteiger partial charge is 0.221 e. The van der Waals surface area contributed by atoms with Gasteiger partial charge in [0.2, 0.25) is 5.91 Å². The highest BCUT2D eigenvalue weighted by Gasteiger charge is 2.19. The summed E-state index contributed by atoms with van der Waals surface area (Å²) >= 11 is 5.97. The lowest BCUT2D eigenvalue weighted by molar-refractivity contribution is -0.117. The summed E-state index contributed by atoms with van der Waals surface area (Å²) in [6, 6.07) is 14.8. The summed E-state index contributed by atoms with van der Waals surface area (Å²) < 4.78 is 13.5. The van der Waals surface area contributed by atoms with Gasteiger partial charge in [0.15, 0.2) is 0 Å². The fourth-order valence-electron chi connectivity index (χ4n) is 3.78. The van der Waals surface area contributed by atoms with Gasteiger partial charge in [-0.1, -0.05) is 35.9 Å². The van der Waals surface area contributed by atoms with Gasteiger partial charge >= 0.3 is 0 Å². The van der Waals surface area contributed by atoms with Crippen molar-refractivity contribution in [3.05, 3.63) is 87.3 Å². The molecule has 1 aliphatic rings. The molecular weight excluding hydrogens is 375 g/mol. The molecule has 1 aromatic heterocycles. The maximum atomic E-state index is 13.5. The summed E-state index contributed by atoms with van der Waals surface area (Å²) in [7, 11) is 0. The van der Waals surface area contributed by atoms with Crippen LogP contribution in [0.25, 0.3) is 11.3 Å². The first-order valence-electron chi connectivity index (χ1n) is 9.33. The van der Waals surface area contributed by atoms with E-state index in [-0.39, 0.29) is 17.4 Å². The van der Waals surface area contributed by atoms with Crippen LogP contribution >= 0.6 is 11.6 Å². The number of hydrogen-bond acceptors (Lipinski definition) is 2. The van der Waals surface area contributed by atoms with Crippen LogP contribution in [0.1, 0.15) is 34.4 Å². The maximum absolute atomic E-state index is 13.5. The van der Waals surface area contributed by atoms with E-state index in [4.69, 9.17) is 22.3 Å². The Bertz CT molecular complexity index is 1050. The number of rotatable bonds is 5. The minimum atomic E-state index is -0.428. The van der Waals surface area contributed by atoms with Gasteiger partial charge in [-0.25, -0.2) is 4.39 Å². The summed E-state index contributed by atoms with van der Waals surface area (Å²) in [6.45, 7) is 0. The predicted molar refractivity (Wildman–Crippen MR) is 109 cm³/mol. The van der Waals surface area contributed by atoms with Gasteiger partial charge in [-0.3, -0.25) is 9.78 Å². The molecule has 1 heterocycles. The summed E-state index contributed by atoms with van der Waals surface area (Å²) in [4.78, 5) is 15.9. The lowest BCUT2D eigenvalue weighted by Crippen LogP contribution is -2.13. The van der Waals surface area contributed by atoms with Crippen molar-refractivity contribution in [2.24, 2.45) is 5.73 Å². The highest BCUT2D eigenvalue weighted by atomic mass is 35.5. The third kappa shape index (κ3) is 3.92. The van der Waals surface area contributed by atoms with Crippen molar-refractivity contribution < 1.29 is 9.18 Å². The molecular formula is C23H20ClFN2O. The lowest BCUT2D eigenvalue weighted by Gasteiger charge is -2.12. The molecule has 0 saturated carbocycles. The van der Waals surface area contributed by atoms with Crippen molar-refractivity contribution in [3.63, 3.8) is 0 Å². The first kappa shape index (κ1) is 18.6. The van der Waals surface area contributed by atoms with Gasteiger partial charge in [-0.15, -0.1) is 0 Å². The molecule has 0 unspecified atom stereocenters. The third-order valence-corrected chi connectivity index (χ3v) is 5.44. The molecule has 5 heteroatoms. The minimum Gasteiger partial charge on any atom is -0.369 e. The van der Waals surface area contributed by atoms with Gasteiger partial charge in [-0.2, -0.15) is 0 Å². The second kappa shape index (κ2) is 7.72. The van der Waals surface area contributed by atoms with E-state index >= 15 is 0 Å². The van der Waals surface area contributed by atoms with E-state index in [2.05, 4.69) is 6.07 Å². The molecule has 0 fully saturated rings. The van der Waals surface area contributed by atoms with Crippen LogP contribution in [0.5, 0.6) is 0 Å². The standard InChI is InChI=1S/C23H20ClFN2O/c24-19-12-16(8-9-20(19)25)22-13-17(18-2-1-3-21(18)27-22)10-14-4-6-15(7-5-14)11-23(26)28/h4-9,12-13H,1-3,10-11H2,(H2,26,28). The monoisotopic (exact) mass is 394 g/mol. The quantitative estimate of drug-likeness (QED) is 0.684. The zero-order chi connectivity index (χ0) is 19.7. The minimum absolute atomic E-state index is 0.103. The Morgan fingerprint density at radius 1 is 1.07 bits per heavy atom. The largest absolute Gasteiger partial charge is 0.369 e. The molecule has 1 aliphatic carbocycles. The molecule has 2 aromatic carbocycles. The molecule has 1 amide bonds. The number of aryl methyl sites for hydroxylation is 1. The van der Waals surface area contributed by atoms with Crippen LogP contribution in [0.2, 0.25) is 5.02 Å². The van der Waals surface area contributed by atoms with Crippen LogP contribution < -0.4 is 5.73 Å². The van der Waals surface area contributed by atoms with E-state index in [1.807, 2.05) is 24.3 Å². The Morgan fingerprint density at radius 3 is 2.54 bits per heavy atom. The second-order valence-electron chi connectivity index (χ2n) is 7.21. The number of carbonyl (C=O) groups excluding carboxylic acids is 1. The van der Waals surface area contributed by atoms with Crippen LogP contribution in [0.4, 0.5) is 4.39 Å². The van der Waals surface area contributed by atoms with Crippen LogP contribution in [0.3, 0.4) is 0 Å². The Morgan fingerprint density at radius 2 is 1.82 bits per heavy atom. The molecule has 0 radical (unpaired) electrons. The number of nitrogens with zero attached hydrogens (tertiary/aromatic N) is 1. The van der Waals surface area contributed by atoms with E-state index in [0.29, 0.717) is 0 Å². The first-order valence-corrected chi connectivity index (χ1v) is 9.70. The third-order valence-electron chi connectivity index (χ3n) is 5.15. The number of carbonyl (C=O) groups is 1. The molecule has 0 atom stereocenters. The number of halogens is 2. The van der Waals surface area contributed by atoms with Crippen LogP contribution in [0.15, 0.2) is 48.5 Å².